The first-order valence-electron chi connectivity index (χ1n) is 8.89. The number of rotatable bonds is 3. The van der Waals surface area contributed by atoms with Gasteiger partial charge >= 0.3 is 0 Å². The molecule has 0 atom stereocenters. The molecule has 1 fully saturated rings. The van der Waals surface area contributed by atoms with Crippen LogP contribution in [0.4, 0.5) is 5.69 Å². The summed E-state index contributed by atoms with van der Waals surface area (Å²) in [6.45, 7) is 12.3. The number of quaternary nitrogens is 1. The van der Waals surface area contributed by atoms with Crippen LogP contribution in [0.5, 0.6) is 5.75 Å². The second-order valence-corrected chi connectivity index (χ2v) is 7.88. The molecule has 2 aromatic rings. The average molecular weight is 325 g/mol. The van der Waals surface area contributed by atoms with Crippen LogP contribution in [0.15, 0.2) is 48.5 Å². The van der Waals surface area contributed by atoms with Crippen LogP contribution < -0.4 is 9.80 Å². The van der Waals surface area contributed by atoms with Crippen molar-refractivity contribution in [2.24, 2.45) is 0 Å². The van der Waals surface area contributed by atoms with E-state index in [4.69, 9.17) is 0 Å². The second-order valence-electron chi connectivity index (χ2n) is 7.88. The van der Waals surface area contributed by atoms with Gasteiger partial charge in [-0.15, -0.1) is 0 Å². The van der Waals surface area contributed by atoms with E-state index < -0.39 is 0 Å². The zero-order chi connectivity index (χ0) is 17.2. The van der Waals surface area contributed by atoms with Gasteiger partial charge in [0.25, 0.3) is 0 Å². The molecule has 24 heavy (non-hydrogen) atoms. The number of nitrogens with one attached hydrogen (secondary N) is 1. The van der Waals surface area contributed by atoms with E-state index in [0.29, 0.717) is 5.75 Å². The van der Waals surface area contributed by atoms with Gasteiger partial charge in [-0.2, -0.15) is 0 Å². The van der Waals surface area contributed by atoms with Gasteiger partial charge in [0.05, 0.1) is 26.2 Å². The van der Waals surface area contributed by atoms with Gasteiger partial charge in [-0.3, -0.25) is 0 Å². The molecule has 3 heteroatoms. The van der Waals surface area contributed by atoms with Crippen molar-refractivity contribution in [3.05, 3.63) is 59.7 Å². The zero-order valence-corrected chi connectivity index (χ0v) is 15.0. The van der Waals surface area contributed by atoms with Crippen molar-refractivity contribution in [3.63, 3.8) is 0 Å². The van der Waals surface area contributed by atoms with Gasteiger partial charge in [-0.25, -0.2) is 0 Å². The van der Waals surface area contributed by atoms with Crippen molar-refractivity contribution in [3.8, 4) is 5.75 Å². The minimum Gasteiger partial charge on any atom is -0.508 e. The lowest BCUT2D eigenvalue weighted by atomic mass is 9.87. The molecule has 0 spiro atoms. The van der Waals surface area contributed by atoms with E-state index >= 15 is 0 Å². The highest BCUT2D eigenvalue weighted by molar-refractivity contribution is 5.48. The number of piperazine rings is 1. The van der Waals surface area contributed by atoms with Gasteiger partial charge < -0.3 is 14.9 Å². The fraction of sp³-hybridized carbons (Fsp3) is 0.429. The standard InChI is InChI=1S/C21H28N2O/c1-21(2,3)18-6-4-17(5-7-18)16-22-12-14-23(15-13-22)19-8-10-20(24)11-9-19/h4-11,24H,12-16H2,1-3H3/p+1. The van der Waals surface area contributed by atoms with Crippen LogP contribution >= 0.6 is 0 Å². The molecule has 0 unspecified atom stereocenters. The monoisotopic (exact) mass is 325 g/mol. The summed E-state index contributed by atoms with van der Waals surface area (Å²) in [5, 5.41) is 9.41. The van der Waals surface area contributed by atoms with Gasteiger partial charge in [-0.05, 0) is 35.2 Å². The van der Waals surface area contributed by atoms with Crippen molar-refractivity contribution in [1.82, 2.24) is 0 Å². The first-order valence-corrected chi connectivity index (χ1v) is 8.89. The maximum atomic E-state index is 9.41. The summed E-state index contributed by atoms with van der Waals surface area (Å²) in [6.07, 6.45) is 0. The lowest BCUT2D eigenvalue weighted by Gasteiger charge is -2.33. The number of benzene rings is 2. The quantitative estimate of drug-likeness (QED) is 0.908. The van der Waals surface area contributed by atoms with E-state index in [2.05, 4.69) is 49.9 Å². The average Bonchev–Trinajstić information content (AvgIpc) is 2.56. The molecule has 1 aliphatic heterocycles. The molecule has 2 N–H and O–H groups in total. The smallest absolute Gasteiger partial charge is 0.115 e. The zero-order valence-electron chi connectivity index (χ0n) is 15.0. The highest BCUT2D eigenvalue weighted by Gasteiger charge is 2.20. The lowest BCUT2D eigenvalue weighted by Crippen LogP contribution is -3.13. The van der Waals surface area contributed by atoms with Crippen LogP contribution in [0.25, 0.3) is 0 Å². The fourth-order valence-electron chi connectivity index (χ4n) is 3.33. The van der Waals surface area contributed by atoms with Crippen LogP contribution in [0.3, 0.4) is 0 Å². The van der Waals surface area contributed by atoms with Crippen molar-refractivity contribution in [2.75, 3.05) is 31.1 Å². The van der Waals surface area contributed by atoms with E-state index in [9.17, 15) is 5.11 Å². The fourth-order valence-corrected chi connectivity index (χ4v) is 3.33. The van der Waals surface area contributed by atoms with Crippen LogP contribution in [0, 0.1) is 0 Å². The Hall–Kier alpha value is -2.00. The molecular weight excluding hydrogens is 296 g/mol. The Labute approximate surface area is 145 Å². The molecule has 1 aliphatic rings. The Morgan fingerprint density at radius 2 is 1.50 bits per heavy atom. The predicted octanol–water partition coefficient (Wildman–Crippen LogP) is 2.59. The molecule has 3 rings (SSSR count). The topological polar surface area (TPSA) is 27.9 Å². The van der Waals surface area contributed by atoms with Crippen molar-refractivity contribution >= 4 is 5.69 Å². The van der Waals surface area contributed by atoms with Gasteiger partial charge in [0.1, 0.15) is 12.3 Å². The third-order valence-electron chi connectivity index (χ3n) is 4.96. The molecule has 0 amide bonds. The van der Waals surface area contributed by atoms with E-state index in [1.807, 2.05) is 12.1 Å². The highest BCUT2D eigenvalue weighted by atomic mass is 16.3. The first-order chi connectivity index (χ1) is 11.4. The Kier molecular flexibility index (Phi) is 4.81. The highest BCUT2D eigenvalue weighted by Crippen LogP contribution is 2.22. The van der Waals surface area contributed by atoms with Gasteiger partial charge in [0.2, 0.25) is 0 Å². The maximum absolute atomic E-state index is 9.41. The van der Waals surface area contributed by atoms with Gasteiger partial charge in [0, 0.05) is 11.3 Å². The number of hydrogen-bond acceptors (Lipinski definition) is 2. The van der Waals surface area contributed by atoms with E-state index in [1.165, 1.54) is 16.8 Å². The third-order valence-corrected chi connectivity index (χ3v) is 4.96. The van der Waals surface area contributed by atoms with Gasteiger partial charge in [0.15, 0.2) is 0 Å². The molecule has 0 aromatic heterocycles. The van der Waals surface area contributed by atoms with Crippen molar-refractivity contribution in [1.29, 1.82) is 0 Å². The molecular formula is C21H29N2O+. The van der Waals surface area contributed by atoms with Crippen LogP contribution in [-0.2, 0) is 12.0 Å². The number of nitrogens with zero attached hydrogens (tertiary/aromatic N) is 1. The third kappa shape index (κ3) is 4.09. The molecule has 1 heterocycles. The summed E-state index contributed by atoms with van der Waals surface area (Å²) < 4.78 is 0. The van der Waals surface area contributed by atoms with Crippen molar-refractivity contribution in [2.45, 2.75) is 32.7 Å². The molecule has 0 saturated carbocycles. The molecule has 2 aromatic carbocycles. The van der Waals surface area contributed by atoms with Crippen LogP contribution in [0.1, 0.15) is 31.9 Å². The number of phenols is 1. The number of hydrogen-bond donors (Lipinski definition) is 2. The lowest BCUT2D eigenvalue weighted by molar-refractivity contribution is -0.914. The molecule has 0 bridgehead atoms. The summed E-state index contributed by atoms with van der Waals surface area (Å²) in [4.78, 5) is 4.06. The van der Waals surface area contributed by atoms with Crippen LogP contribution in [0.2, 0.25) is 0 Å². The summed E-state index contributed by atoms with van der Waals surface area (Å²) in [5.74, 6) is 0.335. The summed E-state index contributed by atoms with van der Waals surface area (Å²) in [5.41, 5.74) is 4.26. The van der Waals surface area contributed by atoms with E-state index in [0.717, 1.165) is 32.7 Å². The molecule has 1 saturated heterocycles. The van der Waals surface area contributed by atoms with E-state index in [-0.39, 0.29) is 5.41 Å². The maximum Gasteiger partial charge on any atom is 0.115 e. The number of anilines is 1. The number of phenolic OH excluding ortho intramolecular Hbond substituents is 1. The molecule has 128 valence electrons. The summed E-state index contributed by atoms with van der Waals surface area (Å²) >= 11 is 0. The summed E-state index contributed by atoms with van der Waals surface area (Å²) in [6, 6.07) is 16.7. The normalized spacial score (nSPS) is 16.4. The first kappa shape index (κ1) is 16.8. The largest absolute Gasteiger partial charge is 0.508 e. The Morgan fingerprint density at radius 1 is 0.917 bits per heavy atom. The van der Waals surface area contributed by atoms with Crippen molar-refractivity contribution < 1.29 is 10.0 Å². The predicted molar refractivity (Wildman–Crippen MR) is 99.9 cm³/mol. The Bertz CT molecular complexity index is 648. The van der Waals surface area contributed by atoms with E-state index in [1.54, 1.807) is 17.0 Å². The van der Waals surface area contributed by atoms with Crippen LogP contribution in [-0.4, -0.2) is 31.3 Å². The van der Waals surface area contributed by atoms with Gasteiger partial charge in [-0.1, -0.05) is 45.0 Å². The Morgan fingerprint density at radius 3 is 2.04 bits per heavy atom. The number of aromatic hydroxyl groups is 1. The minimum atomic E-state index is 0.223. The summed E-state index contributed by atoms with van der Waals surface area (Å²) in [7, 11) is 0. The molecule has 0 aliphatic carbocycles. The SMILES string of the molecule is CC(C)(C)c1ccc(C[NH+]2CCN(c3ccc(O)cc3)CC2)cc1. The molecule has 3 nitrogen and oxygen atoms in total. The molecule has 0 radical (unpaired) electrons. The minimum absolute atomic E-state index is 0.223. The Balaban J connectivity index is 1.54. The second kappa shape index (κ2) is 6.86.